The Kier molecular flexibility index (Phi) is 4.79. The van der Waals surface area contributed by atoms with Crippen molar-refractivity contribution >= 4 is 23.2 Å². The van der Waals surface area contributed by atoms with E-state index in [1.54, 1.807) is 4.52 Å². The monoisotopic (exact) mass is 377 g/mol. The van der Waals surface area contributed by atoms with Crippen LogP contribution in [0.15, 0.2) is 42.6 Å². The van der Waals surface area contributed by atoms with Crippen molar-refractivity contribution < 1.29 is 4.79 Å². The van der Waals surface area contributed by atoms with Gasteiger partial charge < -0.3 is 5.32 Å². The number of nitrogens with zero attached hydrogens (tertiary/aromatic N) is 3. The topological polar surface area (TPSA) is 71.3 Å². The van der Waals surface area contributed by atoms with Gasteiger partial charge in [-0.2, -0.15) is 4.98 Å². The van der Waals surface area contributed by atoms with E-state index in [-0.39, 0.29) is 17.4 Å². The summed E-state index contributed by atoms with van der Waals surface area (Å²) in [5, 5.41) is 10.8. The van der Waals surface area contributed by atoms with Gasteiger partial charge in [-0.1, -0.05) is 25.5 Å². The van der Waals surface area contributed by atoms with Crippen LogP contribution >= 0.6 is 0 Å². The molecule has 1 fully saturated rings. The van der Waals surface area contributed by atoms with Crippen molar-refractivity contribution in [2.24, 2.45) is 5.92 Å². The van der Waals surface area contributed by atoms with Gasteiger partial charge in [0, 0.05) is 28.9 Å². The van der Waals surface area contributed by atoms with Crippen molar-refractivity contribution in [3.05, 3.63) is 42.6 Å². The summed E-state index contributed by atoms with van der Waals surface area (Å²) in [4.78, 5) is 16.5. The summed E-state index contributed by atoms with van der Waals surface area (Å²) < 4.78 is 1.72. The zero-order valence-corrected chi connectivity index (χ0v) is 16.7. The minimum Gasteiger partial charge on any atom is -0.380 e. The molecule has 6 nitrogen and oxygen atoms in total. The normalized spacial score (nSPS) is 14.2. The van der Waals surface area contributed by atoms with Crippen LogP contribution in [-0.2, 0) is 4.79 Å². The molecule has 4 rings (SSSR count). The van der Waals surface area contributed by atoms with Crippen LogP contribution in [0.4, 0.5) is 11.6 Å². The van der Waals surface area contributed by atoms with Gasteiger partial charge in [0.1, 0.15) is 0 Å². The first kappa shape index (κ1) is 18.5. The minimum absolute atomic E-state index is 0.0163. The summed E-state index contributed by atoms with van der Waals surface area (Å²) in [6.07, 6.45) is 6.03. The van der Waals surface area contributed by atoms with E-state index < -0.39 is 0 Å². The molecule has 1 amide bonds. The zero-order valence-electron chi connectivity index (χ0n) is 16.7. The first-order valence-electron chi connectivity index (χ1n) is 10.00. The lowest BCUT2D eigenvalue weighted by atomic mass is 9.98. The Hall–Kier alpha value is -2.89. The smallest absolute Gasteiger partial charge is 0.249 e. The van der Waals surface area contributed by atoms with Crippen molar-refractivity contribution in [3.8, 4) is 11.1 Å². The molecule has 2 aromatic heterocycles. The number of hydrogen-bond acceptors (Lipinski definition) is 4. The molecular formula is C22H27N5O. The van der Waals surface area contributed by atoms with Crippen molar-refractivity contribution in [1.29, 1.82) is 0 Å². The van der Waals surface area contributed by atoms with Crippen LogP contribution in [0.5, 0.6) is 0 Å². The fraction of sp³-hybridized carbons (Fsp3) is 0.409. The molecule has 3 aromatic rings. The van der Waals surface area contributed by atoms with Gasteiger partial charge in [0.15, 0.2) is 5.65 Å². The molecule has 146 valence electrons. The number of aromatic nitrogens is 3. The molecular weight excluding hydrogens is 350 g/mol. The van der Waals surface area contributed by atoms with Gasteiger partial charge in [-0.25, -0.2) is 4.52 Å². The average Bonchev–Trinajstić information content (AvgIpc) is 3.42. The lowest BCUT2D eigenvalue weighted by Gasteiger charge is -2.27. The van der Waals surface area contributed by atoms with Crippen molar-refractivity contribution in [2.75, 3.05) is 10.6 Å². The summed E-state index contributed by atoms with van der Waals surface area (Å²) in [7, 11) is 0. The summed E-state index contributed by atoms with van der Waals surface area (Å²) >= 11 is 0. The Balaban J connectivity index is 1.58. The highest BCUT2D eigenvalue weighted by Crippen LogP contribution is 2.30. The van der Waals surface area contributed by atoms with E-state index in [0.29, 0.717) is 5.95 Å². The Labute approximate surface area is 165 Å². The maximum absolute atomic E-state index is 12.0. The molecule has 0 aliphatic heterocycles. The number of hydrogen-bond donors (Lipinski definition) is 2. The standard InChI is InChI=1S/C22H27N5O/c1-4-13-22(2,3)25-17-11-9-15(10-12-17)18-6-5-14-27-19(18)23-21(26-27)24-20(28)16-7-8-16/h5-6,9-12,14,16,25H,4,7-8,13H2,1-3H3,(H,24,26,28). The third-order valence-electron chi connectivity index (χ3n) is 5.10. The van der Waals surface area contributed by atoms with Gasteiger partial charge in [0.2, 0.25) is 11.9 Å². The van der Waals surface area contributed by atoms with E-state index in [2.05, 4.69) is 65.8 Å². The number of anilines is 2. The molecule has 2 N–H and O–H groups in total. The van der Waals surface area contributed by atoms with E-state index in [0.717, 1.165) is 48.1 Å². The molecule has 0 radical (unpaired) electrons. The maximum Gasteiger partial charge on any atom is 0.249 e. The highest BCUT2D eigenvalue weighted by molar-refractivity contribution is 5.93. The van der Waals surface area contributed by atoms with Gasteiger partial charge in [-0.15, -0.1) is 5.10 Å². The van der Waals surface area contributed by atoms with Crippen LogP contribution in [0, 0.1) is 5.92 Å². The van der Waals surface area contributed by atoms with Crippen LogP contribution in [0.3, 0.4) is 0 Å². The quantitative estimate of drug-likeness (QED) is 0.624. The second-order valence-electron chi connectivity index (χ2n) is 8.23. The van der Waals surface area contributed by atoms with E-state index >= 15 is 0 Å². The van der Waals surface area contributed by atoms with E-state index in [1.807, 2.05) is 18.3 Å². The summed E-state index contributed by atoms with van der Waals surface area (Å²) in [6, 6.07) is 12.4. The molecule has 1 aliphatic carbocycles. The van der Waals surface area contributed by atoms with Crippen LogP contribution < -0.4 is 10.6 Å². The minimum atomic E-state index is 0.0163. The Morgan fingerprint density at radius 3 is 2.64 bits per heavy atom. The number of carbonyl (C=O) groups is 1. The SMILES string of the molecule is CCCC(C)(C)Nc1ccc(-c2cccn3nc(NC(=O)C4CC4)nc23)cc1. The zero-order chi connectivity index (χ0) is 19.7. The average molecular weight is 377 g/mol. The number of nitrogens with one attached hydrogen (secondary N) is 2. The largest absolute Gasteiger partial charge is 0.380 e. The van der Waals surface area contributed by atoms with Gasteiger partial charge in [0.05, 0.1) is 0 Å². The Bertz CT molecular complexity index is 986. The van der Waals surface area contributed by atoms with Crippen LogP contribution in [0.1, 0.15) is 46.5 Å². The highest BCUT2D eigenvalue weighted by Gasteiger charge is 2.30. The van der Waals surface area contributed by atoms with Gasteiger partial charge in [-0.05, 0) is 62.9 Å². The predicted octanol–water partition coefficient (Wildman–Crippen LogP) is 4.74. The number of benzene rings is 1. The maximum atomic E-state index is 12.0. The molecule has 1 aliphatic rings. The lowest BCUT2D eigenvalue weighted by Crippen LogP contribution is -2.30. The summed E-state index contributed by atoms with van der Waals surface area (Å²) in [5.74, 6) is 0.509. The van der Waals surface area contributed by atoms with E-state index in [1.165, 1.54) is 0 Å². The van der Waals surface area contributed by atoms with Gasteiger partial charge >= 0.3 is 0 Å². The Morgan fingerprint density at radius 2 is 1.96 bits per heavy atom. The second-order valence-corrected chi connectivity index (χ2v) is 8.23. The summed E-state index contributed by atoms with van der Waals surface area (Å²) in [6.45, 7) is 6.64. The molecule has 6 heteroatoms. The van der Waals surface area contributed by atoms with Crippen LogP contribution in [-0.4, -0.2) is 26.0 Å². The summed E-state index contributed by atoms with van der Waals surface area (Å²) in [5.41, 5.74) is 3.96. The van der Waals surface area contributed by atoms with Crippen molar-refractivity contribution in [1.82, 2.24) is 14.6 Å². The van der Waals surface area contributed by atoms with E-state index in [4.69, 9.17) is 0 Å². The first-order chi connectivity index (χ1) is 13.4. The molecule has 0 bridgehead atoms. The Morgan fingerprint density at radius 1 is 1.21 bits per heavy atom. The molecule has 1 saturated carbocycles. The number of fused-ring (bicyclic) bond motifs is 1. The molecule has 0 atom stereocenters. The molecule has 0 saturated heterocycles. The van der Waals surface area contributed by atoms with Gasteiger partial charge in [-0.3, -0.25) is 10.1 Å². The molecule has 1 aromatic carbocycles. The number of rotatable bonds is 7. The number of carbonyl (C=O) groups excluding carboxylic acids is 1. The molecule has 2 heterocycles. The predicted molar refractivity (Wildman–Crippen MR) is 112 cm³/mol. The van der Waals surface area contributed by atoms with Crippen LogP contribution in [0.2, 0.25) is 0 Å². The van der Waals surface area contributed by atoms with Crippen molar-refractivity contribution in [3.63, 3.8) is 0 Å². The highest BCUT2D eigenvalue weighted by atomic mass is 16.2. The first-order valence-corrected chi connectivity index (χ1v) is 10.00. The molecule has 0 spiro atoms. The fourth-order valence-electron chi connectivity index (χ4n) is 3.55. The third-order valence-corrected chi connectivity index (χ3v) is 5.10. The van der Waals surface area contributed by atoms with Crippen molar-refractivity contribution in [2.45, 2.75) is 52.0 Å². The van der Waals surface area contributed by atoms with E-state index in [9.17, 15) is 4.79 Å². The molecule has 0 unspecified atom stereocenters. The lowest BCUT2D eigenvalue weighted by molar-refractivity contribution is -0.117. The fourth-order valence-corrected chi connectivity index (χ4v) is 3.55. The third kappa shape index (κ3) is 4.01. The van der Waals surface area contributed by atoms with Gasteiger partial charge in [0.25, 0.3) is 0 Å². The number of amides is 1. The number of pyridine rings is 1. The van der Waals surface area contributed by atoms with Crippen LogP contribution in [0.25, 0.3) is 16.8 Å². The molecule has 28 heavy (non-hydrogen) atoms. The second kappa shape index (κ2) is 7.26.